The normalized spacial score (nSPS) is 18.2. The number of hydrogen-bond donors (Lipinski definition) is 1. The summed E-state index contributed by atoms with van der Waals surface area (Å²) in [5.74, 6) is 2.93. The molecule has 138 valence electrons. The van der Waals surface area contributed by atoms with Gasteiger partial charge in [-0.25, -0.2) is 0 Å². The number of methoxy groups -OCH3 is 1. The van der Waals surface area contributed by atoms with Crippen LogP contribution in [0.4, 0.5) is 0 Å². The fourth-order valence-corrected chi connectivity index (χ4v) is 3.16. The molecular formula is C18H27ClN4O2. The van der Waals surface area contributed by atoms with Gasteiger partial charge < -0.3 is 14.6 Å². The summed E-state index contributed by atoms with van der Waals surface area (Å²) in [6, 6.07) is 8.42. The van der Waals surface area contributed by atoms with E-state index in [4.69, 9.17) is 9.26 Å². The van der Waals surface area contributed by atoms with E-state index in [2.05, 4.69) is 46.3 Å². The fourth-order valence-electron chi connectivity index (χ4n) is 3.16. The van der Waals surface area contributed by atoms with Gasteiger partial charge in [0.15, 0.2) is 5.82 Å². The number of para-hydroxylation sites is 1. The second kappa shape index (κ2) is 9.17. The topological polar surface area (TPSA) is 63.4 Å². The molecule has 1 fully saturated rings. The molecule has 1 aliphatic rings. The molecule has 2 heterocycles. The highest BCUT2D eigenvalue weighted by Crippen LogP contribution is 2.30. The van der Waals surface area contributed by atoms with Crippen LogP contribution in [-0.2, 0) is 13.0 Å². The van der Waals surface area contributed by atoms with Crippen molar-refractivity contribution in [1.29, 1.82) is 0 Å². The highest BCUT2D eigenvalue weighted by atomic mass is 35.5. The zero-order valence-electron chi connectivity index (χ0n) is 15.1. The van der Waals surface area contributed by atoms with Crippen LogP contribution in [0, 0.1) is 5.92 Å². The van der Waals surface area contributed by atoms with Crippen molar-refractivity contribution in [2.24, 2.45) is 5.92 Å². The summed E-state index contributed by atoms with van der Waals surface area (Å²) < 4.78 is 11.0. The van der Waals surface area contributed by atoms with Crippen LogP contribution in [0.15, 0.2) is 28.8 Å². The summed E-state index contributed by atoms with van der Waals surface area (Å²) in [6.45, 7) is 7.75. The standard InChI is InChI=1S/C18H26N4O2.ClH/c1-13(2)10-17-20-18(24-21-17)12-22-9-8-19-11-15(22)14-6-4-5-7-16(14)23-3;/h4-7,13,15,19H,8-12H2,1-3H3;1H. The third kappa shape index (κ3) is 4.93. The second-order valence-electron chi connectivity index (χ2n) is 6.63. The number of halogens is 1. The van der Waals surface area contributed by atoms with Crippen molar-refractivity contribution in [3.8, 4) is 5.75 Å². The van der Waals surface area contributed by atoms with Gasteiger partial charge in [-0.3, -0.25) is 4.90 Å². The van der Waals surface area contributed by atoms with Crippen molar-refractivity contribution in [1.82, 2.24) is 20.4 Å². The number of aromatic nitrogens is 2. The van der Waals surface area contributed by atoms with Gasteiger partial charge in [0.2, 0.25) is 5.89 Å². The summed E-state index contributed by atoms with van der Waals surface area (Å²) in [4.78, 5) is 6.92. The molecule has 1 aromatic heterocycles. The fraction of sp³-hybridized carbons (Fsp3) is 0.556. The van der Waals surface area contributed by atoms with Crippen molar-refractivity contribution in [2.75, 3.05) is 26.7 Å². The van der Waals surface area contributed by atoms with Gasteiger partial charge in [-0.05, 0) is 12.0 Å². The van der Waals surface area contributed by atoms with E-state index in [0.29, 0.717) is 18.4 Å². The van der Waals surface area contributed by atoms with Crippen LogP contribution in [0.3, 0.4) is 0 Å². The summed E-state index contributed by atoms with van der Waals surface area (Å²) in [7, 11) is 1.72. The first kappa shape index (κ1) is 19.7. The summed E-state index contributed by atoms with van der Waals surface area (Å²) in [6.07, 6.45) is 0.848. The predicted octanol–water partition coefficient (Wildman–Crippen LogP) is 2.85. The Labute approximate surface area is 155 Å². The molecule has 0 spiro atoms. The molecule has 1 aliphatic heterocycles. The van der Waals surface area contributed by atoms with E-state index in [1.807, 2.05) is 12.1 Å². The van der Waals surface area contributed by atoms with Gasteiger partial charge in [-0.15, -0.1) is 12.4 Å². The minimum atomic E-state index is 0. The predicted molar refractivity (Wildman–Crippen MR) is 99.1 cm³/mol. The molecule has 1 saturated heterocycles. The Balaban J connectivity index is 0.00000225. The van der Waals surface area contributed by atoms with Gasteiger partial charge in [-0.2, -0.15) is 4.98 Å². The van der Waals surface area contributed by atoms with E-state index >= 15 is 0 Å². The molecule has 0 amide bonds. The molecule has 3 rings (SSSR count). The van der Waals surface area contributed by atoms with Gasteiger partial charge in [0.25, 0.3) is 0 Å². The monoisotopic (exact) mass is 366 g/mol. The van der Waals surface area contributed by atoms with E-state index in [1.54, 1.807) is 7.11 Å². The Kier molecular flexibility index (Phi) is 7.23. The Hall–Kier alpha value is -1.63. The molecule has 2 aromatic rings. The van der Waals surface area contributed by atoms with Crippen molar-refractivity contribution < 1.29 is 9.26 Å². The zero-order valence-corrected chi connectivity index (χ0v) is 15.9. The number of nitrogens with one attached hydrogen (secondary N) is 1. The first-order chi connectivity index (χ1) is 11.7. The highest BCUT2D eigenvalue weighted by molar-refractivity contribution is 5.85. The first-order valence-electron chi connectivity index (χ1n) is 8.56. The molecule has 6 nitrogen and oxygen atoms in total. The zero-order chi connectivity index (χ0) is 16.9. The number of ether oxygens (including phenoxy) is 1. The van der Waals surface area contributed by atoms with Crippen LogP contribution in [0.2, 0.25) is 0 Å². The Morgan fingerprint density at radius 3 is 2.92 bits per heavy atom. The average Bonchev–Trinajstić information content (AvgIpc) is 3.01. The van der Waals surface area contributed by atoms with E-state index < -0.39 is 0 Å². The van der Waals surface area contributed by atoms with E-state index in [0.717, 1.165) is 37.6 Å². The molecule has 0 bridgehead atoms. The molecule has 1 atom stereocenters. The highest BCUT2D eigenvalue weighted by Gasteiger charge is 2.27. The van der Waals surface area contributed by atoms with Gasteiger partial charge in [-0.1, -0.05) is 37.2 Å². The number of rotatable bonds is 6. The van der Waals surface area contributed by atoms with Gasteiger partial charge >= 0.3 is 0 Å². The smallest absolute Gasteiger partial charge is 0.240 e. The molecule has 0 radical (unpaired) electrons. The molecule has 1 N–H and O–H groups in total. The van der Waals surface area contributed by atoms with Crippen molar-refractivity contribution in [3.63, 3.8) is 0 Å². The molecule has 1 unspecified atom stereocenters. The number of piperazine rings is 1. The lowest BCUT2D eigenvalue weighted by Crippen LogP contribution is -2.45. The van der Waals surface area contributed by atoms with Crippen molar-refractivity contribution in [2.45, 2.75) is 32.9 Å². The van der Waals surface area contributed by atoms with E-state index in [-0.39, 0.29) is 18.4 Å². The summed E-state index contributed by atoms with van der Waals surface area (Å²) in [5, 5.41) is 7.57. The molecule has 1 aromatic carbocycles. The maximum atomic E-state index is 5.54. The number of benzene rings is 1. The van der Waals surface area contributed by atoms with Crippen LogP contribution in [-0.4, -0.2) is 41.8 Å². The Morgan fingerprint density at radius 2 is 2.16 bits per heavy atom. The quantitative estimate of drug-likeness (QED) is 0.848. The van der Waals surface area contributed by atoms with Crippen LogP contribution >= 0.6 is 12.4 Å². The SMILES string of the molecule is COc1ccccc1C1CNCCN1Cc1nc(CC(C)C)no1.Cl. The second-order valence-corrected chi connectivity index (χ2v) is 6.63. The average molecular weight is 367 g/mol. The van der Waals surface area contributed by atoms with Crippen LogP contribution in [0.5, 0.6) is 5.75 Å². The largest absolute Gasteiger partial charge is 0.496 e. The van der Waals surface area contributed by atoms with Gasteiger partial charge in [0.05, 0.1) is 19.7 Å². The maximum Gasteiger partial charge on any atom is 0.240 e. The molecule has 0 aliphatic carbocycles. The first-order valence-corrected chi connectivity index (χ1v) is 8.56. The third-order valence-electron chi connectivity index (χ3n) is 4.29. The third-order valence-corrected chi connectivity index (χ3v) is 4.29. The van der Waals surface area contributed by atoms with Crippen molar-refractivity contribution >= 4 is 12.4 Å². The van der Waals surface area contributed by atoms with E-state index in [1.165, 1.54) is 5.56 Å². The van der Waals surface area contributed by atoms with Gasteiger partial charge in [0, 0.05) is 31.6 Å². The lowest BCUT2D eigenvalue weighted by molar-refractivity contribution is 0.133. The number of nitrogens with zero attached hydrogens (tertiary/aromatic N) is 3. The minimum Gasteiger partial charge on any atom is -0.496 e. The molecule has 7 heteroatoms. The minimum absolute atomic E-state index is 0. The number of hydrogen-bond acceptors (Lipinski definition) is 6. The van der Waals surface area contributed by atoms with E-state index in [9.17, 15) is 0 Å². The lowest BCUT2D eigenvalue weighted by atomic mass is 10.0. The molecule has 0 saturated carbocycles. The van der Waals surface area contributed by atoms with Crippen LogP contribution in [0.25, 0.3) is 0 Å². The Morgan fingerprint density at radius 1 is 1.36 bits per heavy atom. The van der Waals surface area contributed by atoms with Crippen LogP contribution in [0.1, 0.15) is 37.2 Å². The lowest BCUT2D eigenvalue weighted by Gasteiger charge is -2.36. The maximum absolute atomic E-state index is 5.54. The molecule has 25 heavy (non-hydrogen) atoms. The summed E-state index contributed by atoms with van der Waals surface area (Å²) in [5.41, 5.74) is 1.19. The van der Waals surface area contributed by atoms with Gasteiger partial charge in [0.1, 0.15) is 5.75 Å². The summed E-state index contributed by atoms with van der Waals surface area (Å²) >= 11 is 0. The molecular weight excluding hydrogens is 340 g/mol. The van der Waals surface area contributed by atoms with Crippen LogP contribution < -0.4 is 10.1 Å². The Bertz CT molecular complexity index is 662. The van der Waals surface area contributed by atoms with Crippen molar-refractivity contribution in [3.05, 3.63) is 41.5 Å².